The first-order valence-corrected chi connectivity index (χ1v) is 9.16. The molecule has 0 radical (unpaired) electrons. The molecule has 1 N–H and O–H groups in total. The number of hydrogen-bond acceptors (Lipinski definition) is 4. The summed E-state index contributed by atoms with van der Waals surface area (Å²) in [6.45, 7) is 8.64. The van der Waals surface area contributed by atoms with E-state index < -0.39 is 0 Å². The summed E-state index contributed by atoms with van der Waals surface area (Å²) in [5.74, 6) is 1.59. The maximum absolute atomic E-state index is 12.8. The summed E-state index contributed by atoms with van der Waals surface area (Å²) in [5.41, 5.74) is 2.18. The molecule has 1 aliphatic rings. The van der Waals surface area contributed by atoms with E-state index in [-0.39, 0.29) is 17.9 Å². The fourth-order valence-corrected chi connectivity index (χ4v) is 3.68. The van der Waals surface area contributed by atoms with Crippen molar-refractivity contribution in [3.05, 3.63) is 29.1 Å². The summed E-state index contributed by atoms with van der Waals surface area (Å²) in [5, 5.41) is 2.95. The van der Waals surface area contributed by atoms with Gasteiger partial charge in [-0.05, 0) is 38.3 Å². The average Bonchev–Trinajstić information content (AvgIpc) is 2.95. The van der Waals surface area contributed by atoms with E-state index in [1.807, 2.05) is 19.9 Å². The van der Waals surface area contributed by atoms with Gasteiger partial charge < -0.3 is 10.2 Å². The van der Waals surface area contributed by atoms with Gasteiger partial charge in [-0.25, -0.2) is 0 Å². The van der Waals surface area contributed by atoms with Gasteiger partial charge in [-0.15, -0.1) is 11.8 Å². The third-order valence-corrected chi connectivity index (χ3v) is 4.93. The highest BCUT2D eigenvalue weighted by Gasteiger charge is 2.35. The van der Waals surface area contributed by atoms with Gasteiger partial charge in [0, 0.05) is 18.0 Å². The van der Waals surface area contributed by atoms with E-state index in [2.05, 4.69) is 24.1 Å². The lowest BCUT2D eigenvalue weighted by Crippen LogP contribution is -2.47. The average molecular weight is 335 g/mol. The molecular weight excluding hydrogens is 310 g/mol. The van der Waals surface area contributed by atoms with Gasteiger partial charge in [-0.3, -0.25) is 14.6 Å². The molecule has 2 heterocycles. The summed E-state index contributed by atoms with van der Waals surface area (Å²) < 4.78 is 0. The number of amides is 2. The van der Waals surface area contributed by atoms with Gasteiger partial charge in [-0.1, -0.05) is 13.8 Å². The van der Waals surface area contributed by atoms with Gasteiger partial charge in [0.1, 0.15) is 6.04 Å². The largest absolute Gasteiger partial charge is 0.354 e. The third kappa shape index (κ3) is 4.47. The predicted octanol–water partition coefficient (Wildman–Crippen LogP) is 2.38. The molecule has 0 unspecified atom stereocenters. The number of carbonyl (C=O) groups excluding carboxylic acids is 2. The Hall–Kier alpha value is -1.56. The SMILES string of the molecule is Cc1ccc(C(=O)N2CSC[C@@H]2C(=O)NCCC(C)C)c(C)n1. The van der Waals surface area contributed by atoms with Crippen molar-refractivity contribution in [1.29, 1.82) is 0 Å². The molecular formula is C17H25N3O2S. The molecule has 1 aliphatic heterocycles. The maximum atomic E-state index is 12.8. The Labute approximate surface area is 142 Å². The van der Waals surface area contributed by atoms with Crippen LogP contribution in [0.2, 0.25) is 0 Å². The summed E-state index contributed by atoms with van der Waals surface area (Å²) in [4.78, 5) is 31.2. The number of rotatable bonds is 5. The van der Waals surface area contributed by atoms with Crippen LogP contribution in [0.25, 0.3) is 0 Å². The van der Waals surface area contributed by atoms with Crippen molar-refractivity contribution in [2.45, 2.75) is 40.2 Å². The summed E-state index contributed by atoms with van der Waals surface area (Å²) in [6.07, 6.45) is 0.945. The van der Waals surface area contributed by atoms with Crippen molar-refractivity contribution in [2.24, 2.45) is 5.92 Å². The zero-order chi connectivity index (χ0) is 17.0. The molecule has 5 nitrogen and oxygen atoms in total. The van der Waals surface area contributed by atoms with E-state index in [1.54, 1.807) is 22.7 Å². The second kappa shape index (κ2) is 7.81. The quantitative estimate of drug-likeness (QED) is 0.897. The molecule has 126 valence electrons. The molecule has 6 heteroatoms. The summed E-state index contributed by atoms with van der Waals surface area (Å²) in [6, 6.07) is 3.25. The van der Waals surface area contributed by atoms with Crippen LogP contribution in [0.15, 0.2) is 12.1 Å². The van der Waals surface area contributed by atoms with E-state index in [0.717, 1.165) is 12.1 Å². The van der Waals surface area contributed by atoms with Crippen LogP contribution in [0, 0.1) is 19.8 Å². The zero-order valence-corrected chi connectivity index (χ0v) is 15.1. The van der Waals surface area contributed by atoms with Crippen LogP contribution in [0.1, 0.15) is 42.0 Å². The highest BCUT2D eigenvalue weighted by Crippen LogP contribution is 2.24. The second-order valence-corrected chi connectivity index (χ2v) is 7.35. The van der Waals surface area contributed by atoms with Gasteiger partial charge >= 0.3 is 0 Å². The number of thioether (sulfide) groups is 1. The number of nitrogens with one attached hydrogen (secondary N) is 1. The Morgan fingerprint density at radius 2 is 2.13 bits per heavy atom. The van der Waals surface area contributed by atoms with Crippen LogP contribution in [0.4, 0.5) is 0 Å². The van der Waals surface area contributed by atoms with Crippen LogP contribution in [-0.2, 0) is 4.79 Å². The van der Waals surface area contributed by atoms with E-state index in [9.17, 15) is 9.59 Å². The first kappa shape index (κ1) is 17.8. The fourth-order valence-electron chi connectivity index (χ4n) is 2.53. The van der Waals surface area contributed by atoms with Gasteiger partial charge in [0.15, 0.2) is 0 Å². The van der Waals surface area contributed by atoms with E-state index in [4.69, 9.17) is 0 Å². The van der Waals surface area contributed by atoms with Crippen molar-refractivity contribution in [3.63, 3.8) is 0 Å². The predicted molar refractivity (Wildman–Crippen MR) is 93.5 cm³/mol. The van der Waals surface area contributed by atoms with Gasteiger partial charge in [0.05, 0.1) is 17.1 Å². The molecule has 1 fully saturated rings. The Kier molecular flexibility index (Phi) is 6.04. The van der Waals surface area contributed by atoms with Crippen molar-refractivity contribution >= 4 is 23.6 Å². The Morgan fingerprint density at radius 3 is 2.78 bits per heavy atom. The molecule has 0 saturated carbocycles. The lowest BCUT2D eigenvalue weighted by molar-refractivity contribution is -0.124. The molecule has 23 heavy (non-hydrogen) atoms. The molecule has 0 bridgehead atoms. The third-order valence-electron chi connectivity index (χ3n) is 3.92. The maximum Gasteiger partial charge on any atom is 0.257 e. The monoisotopic (exact) mass is 335 g/mol. The highest BCUT2D eigenvalue weighted by atomic mass is 32.2. The standard InChI is InChI=1S/C17H25N3O2S/c1-11(2)7-8-18-16(21)15-9-23-10-20(15)17(22)14-6-5-12(3)19-13(14)4/h5-6,11,15H,7-10H2,1-4H3,(H,18,21)/t15-/m1/s1. The zero-order valence-electron chi connectivity index (χ0n) is 14.3. The van der Waals surface area contributed by atoms with Gasteiger partial charge in [0.2, 0.25) is 5.91 Å². The molecule has 1 aromatic rings. The van der Waals surface area contributed by atoms with Crippen LogP contribution in [0.5, 0.6) is 0 Å². The number of nitrogens with zero attached hydrogens (tertiary/aromatic N) is 2. The molecule has 0 aliphatic carbocycles. The van der Waals surface area contributed by atoms with E-state index in [0.29, 0.717) is 35.3 Å². The minimum atomic E-state index is -0.389. The molecule has 1 saturated heterocycles. The van der Waals surface area contributed by atoms with Crippen molar-refractivity contribution in [3.8, 4) is 0 Å². The van der Waals surface area contributed by atoms with Crippen molar-refractivity contribution in [1.82, 2.24) is 15.2 Å². The summed E-state index contributed by atoms with van der Waals surface area (Å²) in [7, 11) is 0. The number of hydrogen-bond donors (Lipinski definition) is 1. The Balaban J connectivity index is 2.05. The molecule has 0 spiro atoms. The van der Waals surface area contributed by atoms with Crippen LogP contribution in [0.3, 0.4) is 0 Å². The van der Waals surface area contributed by atoms with E-state index >= 15 is 0 Å². The van der Waals surface area contributed by atoms with Crippen molar-refractivity contribution in [2.75, 3.05) is 18.2 Å². The molecule has 0 aromatic carbocycles. The lowest BCUT2D eigenvalue weighted by Gasteiger charge is -2.24. The topological polar surface area (TPSA) is 62.3 Å². The Morgan fingerprint density at radius 1 is 1.39 bits per heavy atom. The lowest BCUT2D eigenvalue weighted by atomic mass is 10.1. The smallest absolute Gasteiger partial charge is 0.257 e. The number of aromatic nitrogens is 1. The van der Waals surface area contributed by atoms with Gasteiger partial charge in [-0.2, -0.15) is 0 Å². The highest BCUT2D eigenvalue weighted by molar-refractivity contribution is 7.99. The first-order chi connectivity index (χ1) is 10.9. The van der Waals surface area contributed by atoms with Crippen LogP contribution in [-0.4, -0.2) is 45.9 Å². The number of aryl methyl sites for hydroxylation is 2. The molecule has 1 aromatic heterocycles. The van der Waals surface area contributed by atoms with Gasteiger partial charge in [0.25, 0.3) is 5.91 Å². The molecule has 2 rings (SSSR count). The first-order valence-electron chi connectivity index (χ1n) is 8.00. The van der Waals surface area contributed by atoms with E-state index in [1.165, 1.54) is 0 Å². The van der Waals surface area contributed by atoms with Crippen molar-refractivity contribution < 1.29 is 9.59 Å². The van der Waals surface area contributed by atoms with Crippen LogP contribution < -0.4 is 5.32 Å². The fraction of sp³-hybridized carbons (Fsp3) is 0.588. The Bertz CT molecular complexity index is 589. The number of carbonyl (C=O) groups is 2. The van der Waals surface area contributed by atoms with Crippen LogP contribution >= 0.6 is 11.8 Å². The minimum absolute atomic E-state index is 0.0540. The molecule has 2 amide bonds. The molecule has 1 atom stereocenters. The number of pyridine rings is 1. The summed E-state index contributed by atoms with van der Waals surface area (Å²) >= 11 is 1.61. The second-order valence-electron chi connectivity index (χ2n) is 6.35. The normalized spacial score (nSPS) is 17.6. The minimum Gasteiger partial charge on any atom is -0.354 e.